The third-order valence-corrected chi connectivity index (χ3v) is 4.15. The largest absolute Gasteiger partial charge is 0.444 e. The molecule has 1 aliphatic rings. The lowest BCUT2D eigenvalue weighted by atomic mass is 10.2. The van der Waals surface area contributed by atoms with Crippen LogP contribution < -0.4 is 4.90 Å². The fraction of sp³-hybridized carbons (Fsp3) is 0.474. The number of ether oxygens (including phenoxy) is 1. The Morgan fingerprint density at radius 1 is 1.15 bits per heavy atom. The summed E-state index contributed by atoms with van der Waals surface area (Å²) in [5, 5.41) is 4.45. The van der Waals surface area contributed by atoms with Crippen molar-refractivity contribution in [3.63, 3.8) is 0 Å². The first-order valence-corrected chi connectivity index (χ1v) is 8.79. The summed E-state index contributed by atoms with van der Waals surface area (Å²) < 4.78 is 21.3. The van der Waals surface area contributed by atoms with E-state index in [0.29, 0.717) is 31.9 Å². The molecule has 140 valence electrons. The van der Waals surface area contributed by atoms with Gasteiger partial charge in [-0.2, -0.15) is 5.10 Å². The Kier molecular flexibility index (Phi) is 4.89. The number of hydrogen-bond donors (Lipinski definition) is 0. The summed E-state index contributed by atoms with van der Waals surface area (Å²) in [6, 6.07) is 8.53. The molecule has 0 bridgehead atoms. The summed E-state index contributed by atoms with van der Waals surface area (Å²) in [5.74, 6) is 0.515. The maximum Gasteiger partial charge on any atom is 0.410 e. The highest BCUT2D eigenvalue weighted by Crippen LogP contribution is 2.24. The summed E-state index contributed by atoms with van der Waals surface area (Å²) in [6.45, 7) is 9.84. The van der Waals surface area contributed by atoms with E-state index in [0.717, 1.165) is 11.5 Å². The number of carbonyl (C=O) groups is 1. The molecule has 0 radical (unpaired) electrons. The second-order valence-electron chi connectivity index (χ2n) is 7.46. The van der Waals surface area contributed by atoms with Crippen molar-refractivity contribution >= 4 is 11.9 Å². The molecule has 1 aliphatic heterocycles. The van der Waals surface area contributed by atoms with Gasteiger partial charge in [-0.15, -0.1) is 0 Å². The lowest BCUT2D eigenvalue weighted by Crippen LogP contribution is -2.50. The second kappa shape index (κ2) is 6.97. The van der Waals surface area contributed by atoms with Gasteiger partial charge >= 0.3 is 6.09 Å². The number of para-hydroxylation sites is 1. The predicted molar refractivity (Wildman–Crippen MR) is 98.3 cm³/mol. The fourth-order valence-electron chi connectivity index (χ4n) is 2.96. The van der Waals surface area contributed by atoms with E-state index in [9.17, 15) is 9.18 Å². The van der Waals surface area contributed by atoms with Crippen LogP contribution in [0, 0.1) is 12.7 Å². The number of anilines is 1. The van der Waals surface area contributed by atoms with Crippen LogP contribution in [0.3, 0.4) is 0 Å². The third kappa shape index (κ3) is 3.98. The topological polar surface area (TPSA) is 50.6 Å². The van der Waals surface area contributed by atoms with Gasteiger partial charge in [0.2, 0.25) is 0 Å². The van der Waals surface area contributed by atoms with E-state index in [-0.39, 0.29) is 11.9 Å². The number of hydrogen-bond acceptors (Lipinski definition) is 4. The molecule has 0 spiro atoms. The van der Waals surface area contributed by atoms with E-state index in [4.69, 9.17) is 4.74 Å². The first-order valence-electron chi connectivity index (χ1n) is 8.79. The van der Waals surface area contributed by atoms with Gasteiger partial charge in [-0.25, -0.2) is 13.9 Å². The highest BCUT2D eigenvalue weighted by molar-refractivity contribution is 5.68. The molecule has 1 aromatic carbocycles. The summed E-state index contributed by atoms with van der Waals surface area (Å²) in [4.78, 5) is 16.0. The summed E-state index contributed by atoms with van der Waals surface area (Å²) in [6.07, 6.45) is -0.295. The number of halogens is 1. The van der Waals surface area contributed by atoms with E-state index in [1.807, 2.05) is 33.8 Å². The van der Waals surface area contributed by atoms with Gasteiger partial charge in [0.1, 0.15) is 22.9 Å². The zero-order valence-electron chi connectivity index (χ0n) is 15.7. The maximum atomic E-state index is 14.2. The number of benzene rings is 1. The van der Waals surface area contributed by atoms with Crippen LogP contribution in [0.1, 0.15) is 26.5 Å². The fourth-order valence-corrected chi connectivity index (χ4v) is 2.96. The molecule has 0 saturated carbocycles. The average molecular weight is 360 g/mol. The molecular formula is C19H25FN4O2. The van der Waals surface area contributed by atoms with E-state index in [2.05, 4.69) is 10.00 Å². The molecule has 2 heterocycles. The van der Waals surface area contributed by atoms with Crippen LogP contribution in [-0.2, 0) is 4.74 Å². The van der Waals surface area contributed by atoms with Crippen LogP contribution in [0.4, 0.5) is 15.0 Å². The molecule has 6 nitrogen and oxygen atoms in total. The van der Waals surface area contributed by atoms with Gasteiger partial charge in [0, 0.05) is 32.2 Å². The Hall–Kier alpha value is -2.57. The van der Waals surface area contributed by atoms with Crippen molar-refractivity contribution < 1.29 is 13.9 Å². The van der Waals surface area contributed by atoms with Gasteiger partial charge in [-0.3, -0.25) is 0 Å². The number of aryl methyl sites for hydroxylation is 1. The zero-order valence-corrected chi connectivity index (χ0v) is 15.7. The van der Waals surface area contributed by atoms with Gasteiger partial charge < -0.3 is 14.5 Å². The lowest BCUT2D eigenvalue weighted by Gasteiger charge is -2.36. The highest BCUT2D eigenvalue weighted by Gasteiger charge is 2.27. The number of amides is 1. The predicted octanol–water partition coefficient (Wildman–Crippen LogP) is 3.38. The van der Waals surface area contributed by atoms with Crippen molar-refractivity contribution in [3.05, 3.63) is 41.8 Å². The van der Waals surface area contributed by atoms with Gasteiger partial charge in [0.05, 0.1) is 5.69 Å². The molecule has 1 amide bonds. The second-order valence-corrected chi connectivity index (χ2v) is 7.46. The average Bonchev–Trinajstić information content (AvgIpc) is 2.95. The molecule has 0 N–H and O–H groups in total. The van der Waals surface area contributed by atoms with Gasteiger partial charge in [-0.1, -0.05) is 12.1 Å². The third-order valence-electron chi connectivity index (χ3n) is 4.15. The molecular weight excluding hydrogens is 335 g/mol. The highest BCUT2D eigenvalue weighted by atomic mass is 19.1. The molecule has 1 fully saturated rings. The number of rotatable bonds is 2. The molecule has 1 saturated heterocycles. The minimum Gasteiger partial charge on any atom is -0.444 e. The van der Waals surface area contributed by atoms with Crippen LogP contribution in [0.5, 0.6) is 0 Å². The van der Waals surface area contributed by atoms with Crippen molar-refractivity contribution in [2.24, 2.45) is 0 Å². The van der Waals surface area contributed by atoms with Crippen molar-refractivity contribution in [1.82, 2.24) is 14.7 Å². The summed E-state index contributed by atoms with van der Waals surface area (Å²) in [7, 11) is 0. The molecule has 26 heavy (non-hydrogen) atoms. The Labute approximate surface area is 153 Å². The number of aromatic nitrogens is 2. The number of carbonyl (C=O) groups excluding carboxylic acids is 1. The zero-order chi connectivity index (χ0) is 18.9. The Bertz CT molecular complexity index is 789. The van der Waals surface area contributed by atoms with E-state index < -0.39 is 5.60 Å². The van der Waals surface area contributed by atoms with Gasteiger partial charge in [0.15, 0.2) is 0 Å². The van der Waals surface area contributed by atoms with Crippen LogP contribution in [0.2, 0.25) is 0 Å². The Morgan fingerprint density at radius 2 is 1.81 bits per heavy atom. The lowest BCUT2D eigenvalue weighted by molar-refractivity contribution is 0.0240. The van der Waals surface area contributed by atoms with Crippen LogP contribution in [0.25, 0.3) is 5.69 Å². The molecule has 1 aromatic heterocycles. The molecule has 0 aliphatic carbocycles. The molecule has 0 unspecified atom stereocenters. The monoisotopic (exact) mass is 360 g/mol. The normalized spacial score (nSPS) is 15.3. The van der Waals surface area contributed by atoms with Crippen molar-refractivity contribution in [1.29, 1.82) is 0 Å². The number of piperazine rings is 1. The first-order chi connectivity index (χ1) is 12.2. The standard InChI is InChI=1S/C19H25FN4O2/c1-14-13-17(24(21-14)16-8-6-5-7-15(16)20)22-9-11-23(12-10-22)18(25)26-19(2,3)4/h5-8,13H,9-12H2,1-4H3. The van der Waals surface area contributed by atoms with Gasteiger partial charge in [0.25, 0.3) is 0 Å². The van der Waals surface area contributed by atoms with E-state index >= 15 is 0 Å². The summed E-state index contributed by atoms with van der Waals surface area (Å²) >= 11 is 0. The SMILES string of the molecule is Cc1cc(N2CCN(C(=O)OC(C)(C)C)CC2)n(-c2ccccc2F)n1. The maximum absolute atomic E-state index is 14.2. The van der Waals surface area contributed by atoms with Crippen molar-refractivity contribution in [2.75, 3.05) is 31.1 Å². The van der Waals surface area contributed by atoms with E-state index in [1.165, 1.54) is 6.07 Å². The van der Waals surface area contributed by atoms with Crippen LogP contribution in [-0.4, -0.2) is 52.6 Å². The van der Waals surface area contributed by atoms with E-state index in [1.54, 1.807) is 27.8 Å². The van der Waals surface area contributed by atoms with Crippen LogP contribution in [0.15, 0.2) is 30.3 Å². The van der Waals surface area contributed by atoms with Gasteiger partial charge in [-0.05, 0) is 39.8 Å². The first kappa shape index (κ1) is 18.2. The Morgan fingerprint density at radius 3 is 2.42 bits per heavy atom. The molecule has 2 aromatic rings. The minimum atomic E-state index is -0.505. The molecule has 7 heteroatoms. The summed E-state index contributed by atoms with van der Waals surface area (Å²) in [5.41, 5.74) is 0.734. The Balaban J connectivity index is 1.75. The van der Waals surface area contributed by atoms with Crippen molar-refractivity contribution in [2.45, 2.75) is 33.3 Å². The number of nitrogens with zero attached hydrogens (tertiary/aromatic N) is 4. The smallest absolute Gasteiger partial charge is 0.410 e. The van der Waals surface area contributed by atoms with Crippen molar-refractivity contribution in [3.8, 4) is 5.69 Å². The van der Waals surface area contributed by atoms with Crippen LogP contribution >= 0.6 is 0 Å². The molecule has 3 rings (SSSR count). The quantitative estimate of drug-likeness (QED) is 0.824. The minimum absolute atomic E-state index is 0.295. The molecule has 0 atom stereocenters.